The van der Waals surface area contributed by atoms with E-state index in [0.29, 0.717) is 12.8 Å². The zero-order chi connectivity index (χ0) is 22.2. The third-order valence-corrected chi connectivity index (χ3v) is 5.21. The van der Waals surface area contributed by atoms with Crippen LogP contribution in [-0.4, -0.2) is 42.8 Å². The Balaban J connectivity index is 1.54. The second-order valence-electron chi connectivity index (χ2n) is 7.34. The van der Waals surface area contributed by atoms with Crippen molar-refractivity contribution < 1.29 is 29.1 Å². The molecule has 0 bridgehead atoms. The molecule has 0 aliphatic heterocycles. The van der Waals surface area contributed by atoms with E-state index in [0.717, 1.165) is 22.3 Å². The number of hydrogen-bond acceptors (Lipinski definition) is 5. The van der Waals surface area contributed by atoms with Crippen molar-refractivity contribution in [2.24, 2.45) is 5.92 Å². The molecule has 2 aromatic rings. The number of benzene rings is 2. The number of carboxylic acids is 1. The van der Waals surface area contributed by atoms with E-state index >= 15 is 0 Å². The number of carbonyl (C=O) groups excluding carboxylic acids is 2. The van der Waals surface area contributed by atoms with E-state index in [1.807, 2.05) is 43.3 Å². The highest BCUT2D eigenvalue weighted by Gasteiger charge is 2.29. The number of nitrogens with one attached hydrogen (secondary N) is 2. The predicted octanol–water partition coefficient (Wildman–Crippen LogP) is 3.07. The highest BCUT2D eigenvalue weighted by Crippen LogP contribution is 2.44. The summed E-state index contributed by atoms with van der Waals surface area (Å²) in [7, 11) is 0. The lowest BCUT2D eigenvalue weighted by Crippen LogP contribution is -2.39. The first-order valence-corrected chi connectivity index (χ1v) is 10.2. The molecule has 0 saturated carbocycles. The molecule has 31 heavy (non-hydrogen) atoms. The van der Waals surface area contributed by atoms with E-state index in [1.165, 1.54) is 0 Å². The number of hydroxylamine groups is 1. The minimum Gasteiger partial charge on any atom is -0.479 e. The first-order chi connectivity index (χ1) is 15.0. The van der Waals surface area contributed by atoms with Crippen LogP contribution in [0, 0.1) is 5.92 Å². The number of amides is 2. The second-order valence-corrected chi connectivity index (χ2v) is 7.34. The third kappa shape index (κ3) is 5.61. The molecular formula is C23H26N2O6. The van der Waals surface area contributed by atoms with Crippen molar-refractivity contribution in [3.8, 4) is 11.1 Å². The Morgan fingerprint density at radius 3 is 2.23 bits per heavy atom. The van der Waals surface area contributed by atoms with Gasteiger partial charge in [-0.2, -0.15) is 0 Å². The van der Waals surface area contributed by atoms with E-state index in [4.69, 9.17) is 9.84 Å². The van der Waals surface area contributed by atoms with Crippen LogP contribution in [0.2, 0.25) is 0 Å². The van der Waals surface area contributed by atoms with Gasteiger partial charge in [0, 0.05) is 12.5 Å². The van der Waals surface area contributed by atoms with Crippen LogP contribution in [0.5, 0.6) is 0 Å². The summed E-state index contributed by atoms with van der Waals surface area (Å²) < 4.78 is 5.47. The van der Waals surface area contributed by atoms with Gasteiger partial charge in [0.25, 0.3) is 0 Å². The fourth-order valence-electron chi connectivity index (χ4n) is 3.78. The molecular weight excluding hydrogens is 400 g/mol. The van der Waals surface area contributed by atoms with Crippen LogP contribution in [0.4, 0.5) is 4.79 Å². The topological polar surface area (TPSA) is 114 Å². The van der Waals surface area contributed by atoms with E-state index in [2.05, 4.69) is 27.8 Å². The van der Waals surface area contributed by atoms with Crippen LogP contribution in [-0.2, 0) is 19.2 Å². The van der Waals surface area contributed by atoms with E-state index in [-0.39, 0.29) is 19.1 Å². The van der Waals surface area contributed by atoms with Crippen LogP contribution in [0.15, 0.2) is 48.5 Å². The first kappa shape index (κ1) is 22.3. The number of alkyl carbamates (subject to hydrolysis) is 1. The van der Waals surface area contributed by atoms with E-state index in [1.54, 1.807) is 0 Å². The number of hydrogen-bond donors (Lipinski definition) is 3. The van der Waals surface area contributed by atoms with E-state index in [9.17, 15) is 14.4 Å². The number of carbonyl (C=O) groups is 3. The van der Waals surface area contributed by atoms with Gasteiger partial charge in [0.05, 0.1) is 5.92 Å². The minimum atomic E-state index is -1.19. The molecule has 164 valence electrons. The number of fused-ring (bicyclic) bond motifs is 3. The van der Waals surface area contributed by atoms with Crippen molar-refractivity contribution in [3.63, 3.8) is 0 Å². The molecule has 0 radical (unpaired) electrons. The van der Waals surface area contributed by atoms with Crippen molar-refractivity contribution in [2.45, 2.75) is 25.7 Å². The maximum Gasteiger partial charge on any atom is 0.407 e. The van der Waals surface area contributed by atoms with Gasteiger partial charge in [-0.25, -0.2) is 15.1 Å². The molecule has 1 aliphatic carbocycles. The Kier molecular flexibility index (Phi) is 7.61. The van der Waals surface area contributed by atoms with Crippen molar-refractivity contribution in [3.05, 3.63) is 59.7 Å². The molecule has 1 atom stereocenters. The predicted molar refractivity (Wildman–Crippen MR) is 113 cm³/mol. The molecule has 0 fully saturated rings. The summed E-state index contributed by atoms with van der Waals surface area (Å²) in [5, 5.41) is 11.2. The van der Waals surface area contributed by atoms with Gasteiger partial charge in [0.1, 0.15) is 6.61 Å². The van der Waals surface area contributed by atoms with Crippen LogP contribution < -0.4 is 10.8 Å². The van der Waals surface area contributed by atoms with Crippen LogP contribution in [0.3, 0.4) is 0 Å². The Bertz CT molecular complexity index is 900. The summed E-state index contributed by atoms with van der Waals surface area (Å²) >= 11 is 0. The van der Waals surface area contributed by atoms with Gasteiger partial charge in [-0.3, -0.25) is 9.63 Å². The average molecular weight is 426 g/mol. The lowest BCUT2D eigenvalue weighted by atomic mass is 9.98. The minimum absolute atomic E-state index is 0.0442. The highest BCUT2D eigenvalue weighted by molar-refractivity contribution is 5.80. The number of aliphatic carboxylic acids is 1. The van der Waals surface area contributed by atoms with Gasteiger partial charge in [-0.05, 0) is 28.7 Å². The molecule has 8 nitrogen and oxygen atoms in total. The quantitative estimate of drug-likeness (QED) is 0.503. The van der Waals surface area contributed by atoms with Crippen molar-refractivity contribution >= 4 is 18.0 Å². The summed E-state index contributed by atoms with van der Waals surface area (Å²) in [5.74, 6) is -2.28. The molecule has 0 spiro atoms. The van der Waals surface area contributed by atoms with Gasteiger partial charge in [-0.15, -0.1) is 0 Å². The van der Waals surface area contributed by atoms with E-state index < -0.39 is 30.5 Å². The lowest BCUT2D eigenvalue weighted by Gasteiger charge is -2.18. The molecule has 0 heterocycles. The maximum atomic E-state index is 12.3. The largest absolute Gasteiger partial charge is 0.479 e. The SMILES string of the molecule is CCCC(CNC(=O)OCC1c2ccccc2-c2ccccc21)C(=O)NOCC(=O)O. The smallest absolute Gasteiger partial charge is 0.407 e. The number of rotatable bonds is 10. The molecule has 2 aromatic carbocycles. The molecule has 1 unspecified atom stereocenters. The summed E-state index contributed by atoms with van der Waals surface area (Å²) in [6, 6.07) is 16.1. The van der Waals surface area contributed by atoms with Crippen LogP contribution >= 0.6 is 0 Å². The van der Waals surface area contributed by atoms with Crippen LogP contribution in [0.25, 0.3) is 11.1 Å². The van der Waals surface area contributed by atoms with Crippen molar-refractivity contribution in [1.82, 2.24) is 10.8 Å². The third-order valence-electron chi connectivity index (χ3n) is 5.21. The molecule has 0 aromatic heterocycles. The Hall–Kier alpha value is -3.39. The highest BCUT2D eigenvalue weighted by atomic mass is 16.7. The molecule has 2 amide bonds. The molecule has 8 heteroatoms. The second kappa shape index (κ2) is 10.6. The summed E-state index contributed by atoms with van der Waals surface area (Å²) in [4.78, 5) is 39.5. The molecule has 3 rings (SSSR count). The molecule has 1 aliphatic rings. The molecule has 0 saturated heterocycles. The summed E-state index contributed by atoms with van der Waals surface area (Å²) in [6.45, 7) is 1.52. The Labute approximate surface area is 180 Å². The van der Waals surface area contributed by atoms with Gasteiger partial charge < -0.3 is 15.2 Å². The van der Waals surface area contributed by atoms with Crippen LogP contribution in [0.1, 0.15) is 36.8 Å². The zero-order valence-electron chi connectivity index (χ0n) is 17.3. The van der Waals surface area contributed by atoms with Gasteiger partial charge >= 0.3 is 12.1 Å². The normalized spacial score (nSPS) is 13.1. The van der Waals surface area contributed by atoms with Crippen molar-refractivity contribution in [2.75, 3.05) is 19.8 Å². The van der Waals surface area contributed by atoms with Gasteiger partial charge in [-0.1, -0.05) is 61.9 Å². The zero-order valence-corrected chi connectivity index (χ0v) is 17.3. The van der Waals surface area contributed by atoms with Gasteiger partial charge in [0.2, 0.25) is 5.91 Å². The first-order valence-electron chi connectivity index (χ1n) is 10.2. The number of ether oxygens (including phenoxy) is 1. The van der Waals surface area contributed by atoms with Gasteiger partial charge in [0.15, 0.2) is 6.61 Å². The maximum absolute atomic E-state index is 12.3. The monoisotopic (exact) mass is 426 g/mol. The Morgan fingerprint density at radius 1 is 1.03 bits per heavy atom. The summed E-state index contributed by atoms with van der Waals surface area (Å²) in [5.41, 5.74) is 6.64. The number of carboxylic acid groups (broad SMARTS) is 1. The Morgan fingerprint density at radius 2 is 1.65 bits per heavy atom. The standard InChI is InChI=1S/C23H26N2O6/c1-2-7-15(22(28)25-31-14-21(26)27)12-24-23(29)30-13-20-18-10-5-3-8-16(18)17-9-4-6-11-19(17)20/h3-6,8-11,15,20H,2,7,12-14H2,1H3,(H,24,29)(H,25,28)(H,26,27). The fourth-order valence-corrected chi connectivity index (χ4v) is 3.78. The lowest BCUT2D eigenvalue weighted by molar-refractivity contribution is -0.150. The van der Waals surface area contributed by atoms with Crippen molar-refractivity contribution in [1.29, 1.82) is 0 Å². The fraction of sp³-hybridized carbons (Fsp3) is 0.348. The summed E-state index contributed by atoms with van der Waals surface area (Å²) in [6.07, 6.45) is 0.609. The average Bonchev–Trinajstić information content (AvgIpc) is 3.08. The molecule has 3 N–H and O–H groups in total.